The number of nitrogen functional groups attached to an aromatic ring is 1. The van der Waals surface area contributed by atoms with Crippen LogP contribution in [-0.2, 0) is 10.0 Å². The minimum absolute atomic E-state index is 0.0498. The molecule has 0 aliphatic heterocycles. The van der Waals surface area contributed by atoms with Gasteiger partial charge in [0.1, 0.15) is 5.69 Å². The first-order chi connectivity index (χ1) is 11.3. The molecule has 0 spiro atoms. The molecule has 0 saturated heterocycles. The van der Waals surface area contributed by atoms with Gasteiger partial charge in [-0.25, -0.2) is 18.2 Å². The number of nitrogens with one attached hydrogen (secondary N) is 1. The topological polar surface area (TPSA) is 94.2 Å². The van der Waals surface area contributed by atoms with Crippen LogP contribution in [-0.4, -0.2) is 18.3 Å². The fraction of sp³-hybridized carbons (Fsp3) is 0.0625. The molecule has 124 valence electrons. The van der Waals surface area contributed by atoms with Crippen LogP contribution in [0.5, 0.6) is 0 Å². The van der Waals surface area contributed by atoms with Gasteiger partial charge >= 0.3 is 0 Å². The van der Waals surface area contributed by atoms with Gasteiger partial charge in [0, 0.05) is 9.86 Å². The molecule has 24 heavy (non-hydrogen) atoms. The van der Waals surface area contributed by atoms with Gasteiger partial charge in [0.05, 0.1) is 10.4 Å². The van der Waals surface area contributed by atoms with Gasteiger partial charge < -0.3 is 0 Å². The van der Waals surface area contributed by atoms with Gasteiger partial charge in [-0.2, -0.15) is 0 Å². The average Bonchev–Trinajstić information content (AvgIpc) is 2.93. The van der Waals surface area contributed by atoms with E-state index in [-0.39, 0.29) is 10.6 Å². The highest BCUT2D eigenvalue weighted by Gasteiger charge is 2.26. The largest absolute Gasteiger partial charge is 0.289 e. The highest BCUT2D eigenvalue weighted by atomic mass is 79.9. The van der Waals surface area contributed by atoms with Crippen LogP contribution in [0.3, 0.4) is 0 Å². The van der Waals surface area contributed by atoms with Crippen LogP contribution in [0.1, 0.15) is 16.1 Å². The molecule has 0 aliphatic rings. The van der Waals surface area contributed by atoms with Gasteiger partial charge in [0.15, 0.2) is 0 Å². The van der Waals surface area contributed by atoms with Crippen LogP contribution in [0, 0.1) is 6.92 Å². The summed E-state index contributed by atoms with van der Waals surface area (Å²) in [6, 6.07) is 13.0. The second-order valence-corrected chi connectivity index (χ2v) is 7.99. The summed E-state index contributed by atoms with van der Waals surface area (Å²) >= 11 is 3.34. The van der Waals surface area contributed by atoms with Gasteiger partial charge in [0.25, 0.3) is 15.9 Å². The number of rotatable bonds is 3. The summed E-state index contributed by atoms with van der Waals surface area (Å²) in [4.78, 5) is 12.2. The summed E-state index contributed by atoms with van der Waals surface area (Å²) in [7, 11) is -3.95. The fourth-order valence-electron chi connectivity index (χ4n) is 2.47. The standard InChI is InChI=1S/C16H14BrN3O3S/c1-10-2-5-13(6-3-10)24(22,23)20-14-7-4-12(17)8-11(14)9-15(20)16(21)19-18/h2-9H,18H2,1H3,(H,19,21). The summed E-state index contributed by atoms with van der Waals surface area (Å²) in [5.74, 6) is 4.53. The SMILES string of the molecule is Cc1ccc(S(=O)(=O)n2c(C(=O)NN)cc3cc(Br)ccc32)cc1. The molecule has 0 saturated carbocycles. The summed E-state index contributed by atoms with van der Waals surface area (Å²) in [6.45, 7) is 1.87. The highest BCUT2D eigenvalue weighted by molar-refractivity contribution is 9.10. The van der Waals surface area contributed by atoms with Gasteiger partial charge in [0.2, 0.25) is 0 Å². The Hall–Kier alpha value is -2.16. The van der Waals surface area contributed by atoms with Crippen molar-refractivity contribution >= 4 is 42.8 Å². The maximum absolute atomic E-state index is 13.1. The van der Waals surface area contributed by atoms with Gasteiger partial charge in [-0.3, -0.25) is 10.2 Å². The summed E-state index contributed by atoms with van der Waals surface area (Å²) in [6.07, 6.45) is 0. The third-order valence-corrected chi connectivity index (χ3v) is 5.88. The maximum Gasteiger partial charge on any atom is 0.282 e. The lowest BCUT2D eigenvalue weighted by Gasteiger charge is -2.11. The van der Waals surface area contributed by atoms with Crippen molar-refractivity contribution in [3.63, 3.8) is 0 Å². The number of carbonyl (C=O) groups excluding carboxylic acids is 1. The van der Waals surface area contributed by atoms with Crippen molar-refractivity contribution in [1.29, 1.82) is 0 Å². The van der Waals surface area contributed by atoms with Gasteiger partial charge in [-0.15, -0.1) is 0 Å². The Morgan fingerprint density at radius 2 is 1.79 bits per heavy atom. The maximum atomic E-state index is 13.1. The molecule has 0 aliphatic carbocycles. The molecule has 3 rings (SSSR count). The number of hydrogen-bond donors (Lipinski definition) is 2. The molecule has 2 aromatic carbocycles. The Labute approximate surface area is 147 Å². The molecule has 0 radical (unpaired) electrons. The van der Waals surface area contributed by atoms with Crippen molar-refractivity contribution in [1.82, 2.24) is 9.40 Å². The third-order valence-electron chi connectivity index (χ3n) is 3.64. The monoisotopic (exact) mass is 407 g/mol. The van der Waals surface area contributed by atoms with Gasteiger partial charge in [-0.05, 0) is 43.3 Å². The Morgan fingerprint density at radius 3 is 2.42 bits per heavy atom. The van der Waals surface area contributed by atoms with E-state index in [2.05, 4.69) is 15.9 Å². The quantitative estimate of drug-likeness (QED) is 0.396. The molecule has 0 atom stereocenters. The van der Waals surface area contributed by atoms with Gasteiger partial charge in [-0.1, -0.05) is 33.6 Å². The number of aromatic nitrogens is 1. The number of amides is 1. The number of nitrogens with two attached hydrogens (primary N) is 1. The molecule has 0 unspecified atom stereocenters. The first-order valence-corrected chi connectivity index (χ1v) is 9.22. The molecule has 3 N–H and O–H groups in total. The molecule has 1 amide bonds. The summed E-state index contributed by atoms with van der Waals surface area (Å²) in [5.41, 5.74) is 3.28. The van der Waals surface area contributed by atoms with E-state index in [1.165, 1.54) is 18.2 Å². The van der Waals surface area contributed by atoms with Crippen molar-refractivity contribution in [2.75, 3.05) is 0 Å². The van der Waals surface area contributed by atoms with Crippen molar-refractivity contribution in [2.45, 2.75) is 11.8 Å². The minimum Gasteiger partial charge on any atom is -0.289 e. The van der Waals surface area contributed by atoms with Crippen molar-refractivity contribution in [3.8, 4) is 0 Å². The van der Waals surface area contributed by atoms with E-state index in [0.717, 1.165) is 14.0 Å². The molecule has 1 aromatic heterocycles. The van der Waals surface area contributed by atoms with Crippen LogP contribution in [0.25, 0.3) is 10.9 Å². The number of hydrogen-bond acceptors (Lipinski definition) is 4. The fourth-order valence-corrected chi connectivity index (χ4v) is 4.36. The average molecular weight is 408 g/mol. The number of fused-ring (bicyclic) bond motifs is 1. The Kier molecular flexibility index (Phi) is 4.20. The molecule has 6 nitrogen and oxygen atoms in total. The smallest absolute Gasteiger partial charge is 0.282 e. The van der Waals surface area contributed by atoms with E-state index in [9.17, 15) is 13.2 Å². The van der Waals surface area contributed by atoms with Crippen LogP contribution in [0.15, 0.2) is 57.9 Å². The van der Waals surface area contributed by atoms with Crippen molar-refractivity contribution < 1.29 is 13.2 Å². The third kappa shape index (κ3) is 2.72. The summed E-state index contributed by atoms with van der Waals surface area (Å²) in [5, 5.41) is 0.610. The minimum atomic E-state index is -3.95. The highest BCUT2D eigenvalue weighted by Crippen LogP contribution is 2.28. The Balaban J connectivity index is 2.34. The van der Waals surface area contributed by atoms with E-state index >= 15 is 0 Å². The number of halogens is 1. The zero-order valence-corrected chi connectivity index (χ0v) is 15.1. The molecule has 8 heteroatoms. The normalized spacial score (nSPS) is 11.6. The second-order valence-electron chi connectivity index (χ2n) is 5.29. The van der Waals surface area contributed by atoms with Crippen LogP contribution in [0.2, 0.25) is 0 Å². The van der Waals surface area contributed by atoms with E-state index in [4.69, 9.17) is 5.84 Å². The zero-order valence-electron chi connectivity index (χ0n) is 12.7. The van der Waals surface area contributed by atoms with E-state index in [1.54, 1.807) is 30.3 Å². The van der Waals surface area contributed by atoms with Crippen LogP contribution >= 0.6 is 15.9 Å². The molecule has 0 fully saturated rings. The number of carbonyl (C=O) groups is 1. The van der Waals surface area contributed by atoms with Crippen molar-refractivity contribution in [3.05, 3.63) is 64.3 Å². The van der Waals surface area contributed by atoms with Crippen molar-refractivity contribution in [2.24, 2.45) is 5.84 Å². The second kappa shape index (κ2) is 6.04. The predicted octanol–water partition coefficient (Wildman–Crippen LogP) is 2.55. The molecule has 1 heterocycles. The first kappa shape index (κ1) is 16.7. The predicted molar refractivity (Wildman–Crippen MR) is 95.1 cm³/mol. The number of aryl methyl sites for hydroxylation is 1. The molecular weight excluding hydrogens is 394 g/mol. The Bertz CT molecular complexity index is 1040. The van der Waals surface area contributed by atoms with Crippen LogP contribution < -0.4 is 11.3 Å². The Morgan fingerprint density at radius 1 is 1.12 bits per heavy atom. The molecular formula is C16H14BrN3O3S. The molecule has 0 bridgehead atoms. The van der Waals surface area contributed by atoms with E-state index < -0.39 is 15.9 Å². The number of benzene rings is 2. The lowest BCUT2D eigenvalue weighted by molar-refractivity contribution is 0.0948. The first-order valence-electron chi connectivity index (χ1n) is 6.99. The number of hydrazine groups is 1. The number of nitrogens with zero attached hydrogens (tertiary/aromatic N) is 1. The van der Waals surface area contributed by atoms with E-state index in [0.29, 0.717) is 10.9 Å². The zero-order chi connectivity index (χ0) is 17.5. The summed E-state index contributed by atoms with van der Waals surface area (Å²) < 4.78 is 27.9. The lowest BCUT2D eigenvalue weighted by Crippen LogP contribution is -2.33. The lowest BCUT2D eigenvalue weighted by atomic mass is 10.2. The molecule has 3 aromatic rings. The van der Waals surface area contributed by atoms with Crippen LogP contribution in [0.4, 0.5) is 0 Å². The van der Waals surface area contributed by atoms with E-state index in [1.807, 2.05) is 12.3 Å².